The lowest BCUT2D eigenvalue weighted by Gasteiger charge is -2.47. The number of nitrogens with zero attached hydrogens (tertiary/aromatic N) is 1. The first-order valence-corrected chi connectivity index (χ1v) is 21.1. The van der Waals surface area contributed by atoms with E-state index in [1.807, 2.05) is 68.3 Å². The molecule has 0 spiro atoms. The van der Waals surface area contributed by atoms with Crippen LogP contribution in [0.4, 0.5) is 0 Å². The number of carbonyl (C=O) groups excluding carboxylic acids is 3. The Morgan fingerprint density at radius 2 is 1.79 bits per heavy atom. The summed E-state index contributed by atoms with van der Waals surface area (Å²) >= 11 is 3.14. The highest BCUT2D eigenvalue weighted by Crippen LogP contribution is 2.66. The van der Waals surface area contributed by atoms with Gasteiger partial charge in [-0.05, 0) is 132 Å². The molecular formula is C44H55NO6S2. The van der Waals surface area contributed by atoms with Gasteiger partial charge in [0.15, 0.2) is 5.60 Å². The topological polar surface area (TPSA) is 104 Å². The predicted octanol–water partition coefficient (Wildman–Crippen LogP) is 8.58. The fourth-order valence-electron chi connectivity index (χ4n) is 10.1. The van der Waals surface area contributed by atoms with Crippen molar-refractivity contribution in [3.05, 3.63) is 90.8 Å². The molecule has 1 aromatic carbocycles. The molecule has 5 aliphatic rings. The Hall–Kier alpha value is -3.11. The van der Waals surface area contributed by atoms with E-state index in [0.29, 0.717) is 68.4 Å². The van der Waals surface area contributed by atoms with Gasteiger partial charge in [-0.1, -0.05) is 50.6 Å². The smallest absolute Gasteiger partial charge is 0.313 e. The summed E-state index contributed by atoms with van der Waals surface area (Å²) < 4.78 is 6.14. The van der Waals surface area contributed by atoms with E-state index in [4.69, 9.17) is 4.74 Å². The molecule has 2 saturated carbocycles. The number of aliphatic hydroxyl groups excluding tert-OH is 1. The summed E-state index contributed by atoms with van der Waals surface area (Å²) in [6.45, 7) is 12.7. The maximum absolute atomic E-state index is 15.1. The van der Waals surface area contributed by atoms with E-state index in [-0.39, 0.29) is 30.1 Å². The second-order valence-electron chi connectivity index (χ2n) is 17.4. The highest BCUT2D eigenvalue weighted by atomic mass is 32.1. The number of allylic oxidation sites excluding steroid dienone is 2. The molecule has 4 bridgehead atoms. The Balaban J connectivity index is 1.30. The zero-order valence-corrected chi connectivity index (χ0v) is 33.8. The van der Waals surface area contributed by atoms with Gasteiger partial charge in [-0.3, -0.25) is 14.4 Å². The molecule has 7 nitrogen and oxygen atoms in total. The molecule has 1 amide bonds. The molecule has 2 N–H and O–H groups in total. The molecule has 8 rings (SSSR count). The van der Waals surface area contributed by atoms with Crippen LogP contribution >= 0.6 is 22.7 Å². The number of carbonyl (C=O) groups is 3. The third-order valence-electron chi connectivity index (χ3n) is 14.3. The molecule has 1 saturated heterocycles. The maximum Gasteiger partial charge on any atom is 0.313 e. The van der Waals surface area contributed by atoms with Crippen LogP contribution in [0.1, 0.15) is 128 Å². The average molecular weight is 758 g/mol. The lowest BCUT2D eigenvalue weighted by molar-refractivity contribution is -0.177. The highest BCUT2D eigenvalue weighted by molar-refractivity contribution is 7.14. The molecule has 3 heterocycles. The van der Waals surface area contributed by atoms with Gasteiger partial charge >= 0.3 is 5.97 Å². The van der Waals surface area contributed by atoms with E-state index in [1.54, 1.807) is 11.3 Å². The number of hydrogen-bond donors (Lipinski definition) is 2. The van der Waals surface area contributed by atoms with Crippen LogP contribution in [0, 0.1) is 23.2 Å². The number of ketones is 1. The zero-order valence-electron chi connectivity index (χ0n) is 32.1. The first kappa shape index (κ1) is 38.2. The normalized spacial score (nSPS) is 32.2. The van der Waals surface area contributed by atoms with Crippen LogP contribution in [0.25, 0.3) is 0 Å². The Morgan fingerprint density at radius 1 is 1.00 bits per heavy atom. The summed E-state index contributed by atoms with van der Waals surface area (Å²) in [4.78, 5) is 47.5. The second-order valence-corrected chi connectivity index (χ2v) is 19.7. The van der Waals surface area contributed by atoms with Crippen molar-refractivity contribution in [2.45, 2.75) is 129 Å². The first-order chi connectivity index (χ1) is 25.0. The Labute approximate surface area is 322 Å². The van der Waals surface area contributed by atoms with Gasteiger partial charge < -0.3 is 19.8 Å². The fourth-order valence-corrected chi connectivity index (χ4v) is 11.7. The van der Waals surface area contributed by atoms with Crippen LogP contribution < -0.4 is 0 Å². The van der Waals surface area contributed by atoms with Crippen LogP contribution in [-0.2, 0) is 27.2 Å². The van der Waals surface area contributed by atoms with Crippen molar-refractivity contribution in [3.63, 3.8) is 0 Å². The van der Waals surface area contributed by atoms with Crippen molar-refractivity contribution in [2.75, 3.05) is 13.1 Å². The molecule has 6 atom stereocenters. The first-order valence-electron chi connectivity index (χ1n) is 19.4. The molecule has 0 radical (unpaired) electrons. The van der Waals surface area contributed by atoms with E-state index in [2.05, 4.69) is 32.1 Å². The minimum atomic E-state index is -1.29. The molecular weight excluding hydrogens is 703 g/mol. The molecule has 9 heteroatoms. The fraction of sp³-hybridized carbons (Fsp3) is 0.568. The summed E-state index contributed by atoms with van der Waals surface area (Å²) in [6, 6.07) is 14.0. The van der Waals surface area contributed by atoms with Crippen LogP contribution in [0.15, 0.2) is 59.5 Å². The van der Waals surface area contributed by atoms with E-state index in [1.165, 1.54) is 16.9 Å². The minimum absolute atomic E-state index is 0.0310. The summed E-state index contributed by atoms with van der Waals surface area (Å²) in [6.07, 6.45) is 7.76. The van der Waals surface area contributed by atoms with Gasteiger partial charge in [-0.25, -0.2) is 0 Å². The quantitative estimate of drug-likeness (QED) is 0.136. The van der Waals surface area contributed by atoms with E-state index in [9.17, 15) is 19.8 Å². The molecule has 53 heavy (non-hydrogen) atoms. The summed E-state index contributed by atoms with van der Waals surface area (Å²) in [5.74, 6) is -0.714. The molecule has 284 valence electrons. The van der Waals surface area contributed by atoms with Crippen LogP contribution in [0.2, 0.25) is 0 Å². The third kappa shape index (κ3) is 6.27. The van der Waals surface area contributed by atoms with Crippen molar-refractivity contribution in [3.8, 4) is 0 Å². The molecule has 2 aromatic heterocycles. The third-order valence-corrected chi connectivity index (χ3v) is 16.2. The summed E-state index contributed by atoms with van der Waals surface area (Å²) in [5, 5.41) is 26.3. The summed E-state index contributed by atoms with van der Waals surface area (Å²) in [5.41, 5.74) is -1.05. The maximum atomic E-state index is 15.1. The number of benzene rings is 1. The Kier molecular flexibility index (Phi) is 10.00. The largest absolute Gasteiger partial charge is 0.448 e. The minimum Gasteiger partial charge on any atom is -0.448 e. The Bertz CT molecular complexity index is 1930. The number of amides is 1. The van der Waals surface area contributed by atoms with Gasteiger partial charge in [-0.2, -0.15) is 0 Å². The number of ether oxygens (including phenoxy) is 1. The number of hydrogen-bond acceptors (Lipinski definition) is 8. The second kappa shape index (κ2) is 13.9. The number of thiophene rings is 2. The highest BCUT2D eigenvalue weighted by Gasteiger charge is 2.76. The van der Waals surface area contributed by atoms with Gasteiger partial charge in [0.1, 0.15) is 0 Å². The number of aryl methyl sites for hydroxylation is 1. The molecule has 1 aliphatic heterocycles. The van der Waals surface area contributed by atoms with Gasteiger partial charge in [-0.15, -0.1) is 22.7 Å². The molecule has 3 aromatic rings. The van der Waals surface area contributed by atoms with Gasteiger partial charge in [0.2, 0.25) is 5.78 Å². The van der Waals surface area contributed by atoms with Crippen molar-refractivity contribution in [2.24, 2.45) is 16.2 Å². The summed E-state index contributed by atoms with van der Waals surface area (Å²) in [7, 11) is 0. The van der Waals surface area contributed by atoms with Gasteiger partial charge in [0.05, 0.1) is 28.5 Å². The van der Waals surface area contributed by atoms with Crippen molar-refractivity contribution < 1.29 is 29.3 Å². The number of rotatable bonds is 8. The van der Waals surface area contributed by atoms with Crippen molar-refractivity contribution >= 4 is 40.3 Å². The molecule has 4 aliphatic carbocycles. The lowest BCUT2D eigenvalue weighted by atomic mass is 9.64. The Morgan fingerprint density at radius 3 is 2.45 bits per heavy atom. The molecule has 6 unspecified atom stereocenters. The number of fused-ring (bicyclic) bond motifs is 10. The van der Waals surface area contributed by atoms with E-state index < -0.39 is 33.6 Å². The SMILES string of the molecule is CC1=CCCC2(C)C(CCC2(O)CN(CCc2cccs2)C(=O)C23CCC(C)(C(=O)O2)C3(C)C)c2ccc(cc2C(=O)c2ccc(C)s2)CC(O)CC1. The predicted molar refractivity (Wildman–Crippen MR) is 210 cm³/mol. The van der Waals surface area contributed by atoms with Crippen molar-refractivity contribution in [1.29, 1.82) is 0 Å². The standard InChI is InChI=1S/C44H55NO6S2/c1-28-9-7-19-41(5)35(33-15-13-30(25-31(46)14-11-28)26-34(33)37(47)36-16-12-29(2)53-36)17-20-43(41,50)27-45(23-18-32-10-8-24-52-32)38(48)44-22-21-42(6,39(49)51-44)40(44,3)4/h8-10,12-13,15-16,24,26,31,35,46,50H,7,11,14,17-23,25,27H2,1-6H3. The van der Waals surface area contributed by atoms with Crippen LogP contribution in [0.3, 0.4) is 0 Å². The molecule has 3 fully saturated rings. The van der Waals surface area contributed by atoms with Crippen molar-refractivity contribution in [1.82, 2.24) is 4.90 Å². The van der Waals surface area contributed by atoms with Gasteiger partial charge in [0.25, 0.3) is 5.91 Å². The monoisotopic (exact) mass is 757 g/mol. The van der Waals surface area contributed by atoms with Crippen LogP contribution in [-0.4, -0.2) is 63.2 Å². The number of aliphatic hydroxyl groups is 2. The lowest BCUT2D eigenvalue weighted by Crippen LogP contribution is -2.60. The van der Waals surface area contributed by atoms with E-state index >= 15 is 4.79 Å². The van der Waals surface area contributed by atoms with E-state index in [0.717, 1.165) is 33.7 Å². The zero-order chi connectivity index (χ0) is 38.0. The van der Waals surface area contributed by atoms with Gasteiger partial charge in [0, 0.05) is 32.7 Å². The number of esters is 1. The average Bonchev–Trinajstić information content (AvgIpc) is 3.91. The van der Waals surface area contributed by atoms with Crippen LogP contribution in [0.5, 0.6) is 0 Å².